The van der Waals surface area contributed by atoms with Crippen LogP contribution in [0, 0.1) is 0 Å². The fourth-order valence-electron chi connectivity index (χ4n) is 4.57. The van der Waals surface area contributed by atoms with Gasteiger partial charge in [0.15, 0.2) is 11.5 Å². The molecule has 1 amide bonds. The van der Waals surface area contributed by atoms with Gasteiger partial charge in [-0.15, -0.1) is 0 Å². The molecule has 1 aliphatic rings. The van der Waals surface area contributed by atoms with E-state index in [2.05, 4.69) is 34.5 Å². The summed E-state index contributed by atoms with van der Waals surface area (Å²) in [5.41, 5.74) is 4.56. The number of carbonyl (C=O) groups excluding carboxylic acids is 1. The minimum Gasteiger partial charge on any atom is -0.497 e. The Balaban J connectivity index is 1.58. The highest BCUT2D eigenvalue weighted by atomic mass is 16.5. The normalized spacial score (nSPS) is 15.3. The molecule has 0 aliphatic carbocycles. The molecule has 1 N–H and O–H groups in total. The van der Waals surface area contributed by atoms with E-state index in [0.717, 1.165) is 42.1 Å². The highest BCUT2D eigenvalue weighted by Gasteiger charge is 2.29. The van der Waals surface area contributed by atoms with Gasteiger partial charge in [0.25, 0.3) is 0 Å². The molecule has 0 saturated carbocycles. The summed E-state index contributed by atoms with van der Waals surface area (Å²) in [6.45, 7) is 2.14. The Hall–Kier alpha value is -3.51. The number of fused-ring (bicyclic) bond motifs is 1. The van der Waals surface area contributed by atoms with Crippen molar-refractivity contribution in [2.45, 2.75) is 25.4 Å². The molecule has 0 aromatic heterocycles. The lowest BCUT2D eigenvalue weighted by Gasteiger charge is -2.38. The molecule has 0 fully saturated rings. The van der Waals surface area contributed by atoms with Gasteiger partial charge in [-0.05, 0) is 52.9 Å². The van der Waals surface area contributed by atoms with Crippen molar-refractivity contribution in [2.24, 2.45) is 0 Å². The molecular weight excluding hydrogens is 428 g/mol. The van der Waals surface area contributed by atoms with Gasteiger partial charge in [-0.2, -0.15) is 0 Å². The Morgan fingerprint density at radius 2 is 1.65 bits per heavy atom. The van der Waals surface area contributed by atoms with Crippen LogP contribution in [0.4, 0.5) is 0 Å². The second kappa shape index (κ2) is 11.1. The first-order valence-electron chi connectivity index (χ1n) is 11.5. The van der Waals surface area contributed by atoms with E-state index in [4.69, 9.17) is 14.2 Å². The Labute approximate surface area is 201 Å². The first-order valence-corrected chi connectivity index (χ1v) is 11.5. The molecule has 3 aromatic rings. The molecule has 6 heteroatoms. The van der Waals surface area contributed by atoms with Gasteiger partial charge in [0.05, 0.1) is 33.8 Å². The zero-order valence-electron chi connectivity index (χ0n) is 20.0. The summed E-state index contributed by atoms with van der Waals surface area (Å²) in [6, 6.07) is 22.1. The highest BCUT2D eigenvalue weighted by molar-refractivity contribution is 5.78. The van der Waals surface area contributed by atoms with Crippen LogP contribution in [0.1, 0.15) is 28.3 Å². The van der Waals surface area contributed by atoms with E-state index in [1.54, 1.807) is 21.3 Å². The Kier molecular flexibility index (Phi) is 7.70. The number of rotatable bonds is 9. The van der Waals surface area contributed by atoms with Crippen molar-refractivity contribution in [3.8, 4) is 17.2 Å². The molecule has 6 nitrogen and oxygen atoms in total. The predicted molar refractivity (Wildman–Crippen MR) is 133 cm³/mol. The zero-order valence-corrected chi connectivity index (χ0v) is 20.0. The molecule has 0 unspecified atom stereocenters. The molecule has 0 saturated heterocycles. The number of benzene rings is 3. The number of methoxy groups -OCH3 is 3. The average Bonchev–Trinajstić information content (AvgIpc) is 2.87. The van der Waals surface area contributed by atoms with Crippen molar-refractivity contribution in [1.29, 1.82) is 0 Å². The molecule has 1 aliphatic heterocycles. The first kappa shape index (κ1) is 23.6. The Morgan fingerprint density at radius 3 is 2.38 bits per heavy atom. The lowest BCUT2D eigenvalue weighted by molar-refractivity contribution is -0.120. The van der Waals surface area contributed by atoms with Crippen LogP contribution in [0.2, 0.25) is 0 Å². The van der Waals surface area contributed by atoms with Crippen LogP contribution < -0.4 is 19.5 Å². The summed E-state index contributed by atoms with van der Waals surface area (Å²) in [7, 11) is 4.99. The monoisotopic (exact) mass is 460 g/mol. The minimum atomic E-state index is 0.00878. The number of ether oxygens (including phenoxy) is 3. The highest BCUT2D eigenvalue weighted by Crippen LogP contribution is 2.38. The largest absolute Gasteiger partial charge is 0.497 e. The van der Waals surface area contributed by atoms with Crippen molar-refractivity contribution in [2.75, 3.05) is 34.4 Å². The average molecular weight is 461 g/mol. The first-order chi connectivity index (χ1) is 16.6. The number of hydrogen-bond acceptors (Lipinski definition) is 5. The molecular formula is C28H32N2O4. The molecule has 1 heterocycles. The summed E-state index contributed by atoms with van der Waals surface area (Å²) in [5.74, 6) is 2.29. The van der Waals surface area contributed by atoms with Crippen molar-refractivity contribution in [3.05, 3.63) is 89.0 Å². The summed E-state index contributed by atoms with van der Waals surface area (Å²) in [4.78, 5) is 15.2. The quantitative estimate of drug-likeness (QED) is 0.519. The molecule has 0 bridgehead atoms. The smallest absolute Gasteiger partial charge is 0.224 e. The van der Waals surface area contributed by atoms with Gasteiger partial charge in [0, 0.05) is 19.6 Å². The lowest BCUT2D eigenvalue weighted by atomic mass is 9.91. The van der Waals surface area contributed by atoms with E-state index < -0.39 is 0 Å². The van der Waals surface area contributed by atoms with E-state index in [0.29, 0.717) is 18.7 Å². The number of carbonyl (C=O) groups is 1. The van der Waals surface area contributed by atoms with Gasteiger partial charge >= 0.3 is 0 Å². The van der Waals surface area contributed by atoms with E-state index in [-0.39, 0.29) is 11.9 Å². The van der Waals surface area contributed by atoms with Crippen molar-refractivity contribution < 1.29 is 19.0 Å². The number of hydrogen-bond donors (Lipinski definition) is 1. The molecule has 1 atom stereocenters. The number of amides is 1. The van der Waals surface area contributed by atoms with E-state index in [1.165, 1.54) is 11.1 Å². The SMILES string of the molecule is COc1cccc(CN2CCc3cc(OC)c(OC)cc3[C@@H]2CNC(=O)Cc2ccccc2)c1. The Morgan fingerprint density at radius 1 is 0.912 bits per heavy atom. The van der Waals surface area contributed by atoms with E-state index in [1.807, 2.05) is 42.5 Å². The van der Waals surface area contributed by atoms with Gasteiger partial charge in [0.2, 0.25) is 5.91 Å². The van der Waals surface area contributed by atoms with Gasteiger partial charge in [0.1, 0.15) is 5.75 Å². The third-order valence-corrected chi connectivity index (χ3v) is 6.33. The van der Waals surface area contributed by atoms with Gasteiger partial charge < -0.3 is 19.5 Å². The molecule has 34 heavy (non-hydrogen) atoms. The van der Waals surface area contributed by atoms with Crippen LogP contribution in [0.15, 0.2) is 66.7 Å². The maximum absolute atomic E-state index is 12.7. The van der Waals surface area contributed by atoms with Crippen LogP contribution >= 0.6 is 0 Å². The third kappa shape index (κ3) is 5.51. The van der Waals surface area contributed by atoms with Gasteiger partial charge in [-0.25, -0.2) is 0 Å². The van der Waals surface area contributed by atoms with Crippen molar-refractivity contribution in [1.82, 2.24) is 10.2 Å². The predicted octanol–water partition coefficient (Wildman–Crippen LogP) is 4.17. The van der Waals surface area contributed by atoms with Crippen molar-refractivity contribution >= 4 is 5.91 Å². The minimum absolute atomic E-state index is 0.00878. The Bertz CT molecular complexity index is 1120. The van der Waals surface area contributed by atoms with Crippen LogP contribution in [0.3, 0.4) is 0 Å². The van der Waals surface area contributed by atoms with E-state index in [9.17, 15) is 4.79 Å². The molecule has 0 spiro atoms. The summed E-state index contributed by atoms with van der Waals surface area (Å²) in [6.07, 6.45) is 1.26. The summed E-state index contributed by atoms with van der Waals surface area (Å²) in [5, 5.41) is 3.17. The molecule has 0 radical (unpaired) electrons. The lowest BCUT2D eigenvalue weighted by Crippen LogP contribution is -2.42. The zero-order chi connectivity index (χ0) is 23.9. The fraction of sp³-hybridized carbons (Fsp3) is 0.321. The molecule has 178 valence electrons. The summed E-state index contributed by atoms with van der Waals surface area (Å²) >= 11 is 0. The van der Waals surface area contributed by atoms with Crippen LogP contribution in [-0.2, 0) is 24.2 Å². The van der Waals surface area contributed by atoms with Crippen LogP contribution in [0.25, 0.3) is 0 Å². The molecule has 4 rings (SSSR count). The topological polar surface area (TPSA) is 60.0 Å². The second-order valence-electron chi connectivity index (χ2n) is 8.46. The number of nitrogens with zero attached hydrogens (tertiary/aromatic N) is 1. The van der Waals surface area contributed by atoms with Crippen LogP contribution in [-0.4, -0.2) is 45.2 Å². The maximum Gasteiger partial charge on any atom is 0.224 e. The third-order valence-electron chi connectivity index (χ3n) is 6.33. The van der Waals surface area contributed by atoms with Gasteiger partial charge in [-0.1, -0.05) is 42.5 Å². The number of nitrogens with one attached hydrogen (secondary N) is 1. The van der Waals surface area contributed by atoms with Gasteiger partial charge in [-0.3, -0.25) is 9.69 Å². The standard InChI is InChI=1S/C28H32N2O4/c1-32-23-11-7-10-21(14-23)19-30-13-12-22-16-26(33-2)27(34-3)17-24(22)25(30)18-29-28(31)15-20-8-5-4-6-9-20/h4-11,14,16-17,25H,12-13,15,18-19H2,1-3H3,(H,29,31)/t25-/m0/s1. The van der Waals surface area contributed by atoms with E-state index >= 15 is 0 Å². The second-order valence-corrected chi connectivity index (χ2v) is 8.46. The van der Waals surface area contributed by atoms with Crippen molar-refractivity contribution in [3.63, 3.8) is 0 Å². The summed E-state index contributed by atoms with van der Waals surface area (Å²) < 4.78 is 16.5. The molecule has 3 aromatic carbocycles. The fourth-order valence-corrected chi connectivity index (χ4v) is 4.57. The maximum atomic E-state index is 12.7. The van der Waals surface area contributed by atoms with Crippen LogP contribution in [0.5, 0.6) is 17.2 Å².